The highest BCUT2D eigenvalue weighted by Crippen LogP contribution is 2.41. The van der Waals surface area contributed by atoms with Gasteiger partial charge in [-0.15, -0.1) is 11.3 Å². The van der Waals surface area contributed by atoms with E-state index in [0.29, 0.717) is 10.9 Å². The van der Waals surface area contributed by atoms with Crippen molar-refractivity contribution in [3.8, 4) is 27.3 Å². The SMILES string of the molecule is COc1c(F)cc(F)cc1-c1cn(S(=O)(=O)c2ccc(C)cc2)c2ncc(-c3ccc(CN4CCCC4)s3)cc12. The first-order valence-electron chi connectivity index (χ1n) is 12.9. The van der Waals surface area contributed by atoms with Gasteiger partial charge in [-0.25, -0.2) is 26.2 Å². The van der Waals surface area contributed by atoms with Crippen LogP contribution in [0.2, 0.25) is 0 Å². The maximum Gasteiger partial charge on any atom is 0.269 e. The van der Waals surface area contributed by atoms with Gasteiger partial charge in [-0.1, -0.05) is 17.7 Å². The molecule has 4 heterocycles. The lowest BCUT2D eigenvalue weighted by atomic mass is 10.0. The Balaban J connectivity index is 1.53. The molecule has 0 spiro atoms. The molecule has 2 aromatic carbocycles. The molecule has 0 atom stereocenters. The van der Waals surface area contributed by atoms with Crippen LogP contribution in [-0.4, -0.2) is 42.5 Å². The van der Waals surface area contributed by atoms with Crippen molar-refractivity contribution in [3.05, 3.63) is 89.1 Å². The molecule has 0 amide bonds. The number of thiophene rings is 1. The Bertz CT molecular complexity index is 1820. The van der Waals surface area contributed by atoms with Crippen LogP contribution in [0.3, 0.4) is 0 Å². The molecule has 206 valence electrons. The summed E-state index contributed by atoms with van der Waals surface area (Å²) in [5, 5.41) is 0.436. The van der Waals surface area contributed by atoms with Crippen molar-refractivity contribution in [1.29, 1.82) is 0 Å². The normalized spacial score (nSPS) is 14.3. The minimum Gasteiger partial charge on any atom is -0.493 e. The number of halogens is 2. The van der Waals surface area contributed by atoms with Gasteiger partial charge in [-0.05, 0) is 69.3 Å². The third-order valence-electron chi connectivity index (χ3n) is 7.22. The number of methoxy groups -OCH3 is 1. The second-order valence-corrected chi connectivity index (χ2v) is 13.0. The van der Waals surface area contributed by atoms with Crippen LogP contribution >= 0.6 is 11.3 Å². The van der Waals surface area contributed by atoms with E-state index in [1.54, 1.807) is 29.7 Å². The van der Waals surface area contributed by atoms with Gasteiger partial charge in [0.05, 0.1) is 12.0 Å². The molecule has 0 unspecified atom stereocenters. The number of benzene rings is 2. The number of ether oxygens (including phenoxy) is 1. The van der Waals surface area contributed by atoms with Crippen molar-refractivity contribution in [2.45, 2.75) is 31.2 Å². The molecule has 0 radical (unpaired) electrons. The van der Waals surface area contributed by atoms with E-state index in [1.165, 1.54) is 43.2 Å². The second-order valence-electron chi connectivity index (χ2n) is 9.97. The summed E-state index contributed by atoms with van der Waals surface area (Å²) >= 11 is 1.65. The molecule has 1 fully saturated rings. The lowest BCUT2D eigenvalue weighted by Gasteiger charge is -2.12. The van der Waals surface area contributed by atoms with Crippen LogP contribution in [0, 0.1) is 18.6 Å². The van der Waals surface area contributed by atoms with Crippen molar-refractivity contribution >= 4 is 32.4 Å². The monoisotopic (exact) mass is 579 g/mol. The molecule has 0 N–H and O–H groups in total. The zero-order chi connectivity index (χ0) is 28.0. The number of hydrogen-bond acceptors (Lipinski definition) is 6. The number of rotatable bonds is 7. The first-order valence-corrected chi connectivity index (χ1v) is 15.2. The van der Waals surface area contributed by atoms with Gasteiger partial charge in [-0.3, -0.25) is 4.90 Å². The summed E-state index contributed by atoms with van der Waals surface area (Å²) in [5.41, 5.74) is 2.25. The summed E-state index contributed by atoms with van der Waals surface area (Å²) in [6, 6.07) is 14.3. The van der Waals surface area contributed by atoms with Crippen molar-refractivity contribution < 1.29 is 21.9 Å². The number of likely N-dealkylation sites (tertiary alicyclic amines) is 1. The molecule has 40 heavy (non-hydrogen) atoms. The van der Waals surface area contributed by atoms with E-state index in [9.17, 15) is 17.2 Å². The van der Waals surface area contributed by atoms with Crippen LogP contribution in [0.1, 0.15) is 23.3 Å². The van der Waals surface area contributed by atoms with E-state index in [4.69, 9.17) is 4.74 Å². The summed E-state index contributed by atoms with van der Waals surface area (Å²) < 4.78 is 63.1. The van der Waals surface area contributed by atoms with E-state index in [2.05, 4.69) is 16.0 Å². The molecular weight excluding hydrogens is 552 g/mol. The zero-order valence-corrected chi connectivity index (χ0v) is 23.7. The molecule has 5 aromatic rings. The summed E-state index contributed by atoms with van der Waals surface area (Å²) in [6.45, 7) is 4.95. The first-order chi connectivity index (χ1) is 19.2. The zero-order valence-electron chi connectivity index (χ0n) is 22.0. The number of nitrogens with zero attached hydrogens (tertiary/aromatic N) is 3. The quantitative estimate of drug-likeness (QED) is 0.211. The van der Waals surface area contributed by atoms with Gasteiger partial charge in [0.1, 0.15) is 5.82 Å². The van der Waals surface area contributed by atoms with Gasteiger partial charge in [0.15, 0.2) is 17.2 Å². The van der Waals surface area contributed by atoms with Gasteiger partial charge >= 0.3 is 0 Å². The Kier molecular flexibility index (Phi) is 6.93. The molecule has 6 rings (SSSR count). The predicted molar refractivity (Wildman–Crippen MR) is 153 cm³/mol. The number of hydrogen-bond donors (Lipinski definition) is 0. The Morgan fingerprint density at radius 1 is 1.00 bits per heavy atom. The number of fused-ring (bicyclic) bond motifs is 1. The largest absolute Gasteiger partial charge is 0.493 e. The average Bonchev–Trinajstić information content (AvgIpc) is 3.69. The first kappa shape index (κ1) is 26.6. The van der Waals surface area contributed by atoms with Gasteiger partial charge in [-0.2, -0.15) is 0 Å². The standard InChI is InChI=1S/C30H27F2N3O3S2/c1-19-5-8-23(9-6-19)40(36,37)35-18-26(24-14-21(31)15-27(32)29(24)38-2)25-13-20(16-33-30(25)35)28-10-7-22(39-28)17-34-11-3-4-12-34/h5-10,13-16,18H,3-4,11-12,17H2,1-2H3. The maximum absolute atomic E-state index is 14.7. The van der Waals surface area contributed by atoms with Crippen molar-refractivity contribution in [1.82, 2.24) is 13.9 Å². The molecular formula is C30H27F2N3O3S2. The van der Waals surface area contributed by atoms with E-state index in [1.807, 2.05) is 19.1 Å². The van der Waals surface area contributed by atoms with Gasteiger partial charge in [0, 0.05) is 56.8 Å². The number of pyridine rings is 1. The summed E-state index contributed by atoms with van der Waals surface area (Å²) in [5.74, 6) is -1.86. The van der Waals surface area contributed by atoms with Crippen molar-refractivity contribution in [2.24, 2.45) is 0 Å². The van der Waals surface area contributed by atoms with E-state index in [0.717, 1.165) is 51.7 Å². The van der Waals surface area contributed by atoms with Gasteiger partial charge in [0.25, 0.3) is 10.0 Å². The number of aromatic nitrogens is 2. The van der Waals surface area contributed by atoms with Crippen LogP contribution in [0.15, 0.2) is 71.9 Å². The Morgan fingerprint density at radius 2 is 1.75 bits per heavy atom. The molecule has 1 saturated heterocycles. The third-order valence-corrected chi connectivity index (χ3v) is 10.00. The second kappa shape index (κ2) is 10.4. The average molecular weight is 580 g/mol. The van der Waals surface area contributed by atoms with Crippen molar-refractivity contribution in [3.63, 3.8) is 0 Å². The maximum atomic E-state index is 14.7. The topological polar surface area (TPSA) is 64.4 Å². The molecule has 3 aromatic heterocycles. The molecule has 1 aliphatic heterocycles. The van der Waals surface area contributed by atoms with E-state index < -0.39 is 21.7 Å². The molecule has 1 aliphatic rings. The van der Waals surface area contributed by atoms with Crippen LogP contribution in [0.5, 0.6) is 5.75 Å². The fourth-order valence-corrected chi connectivity index (χ4v) is 7.54. The highest BCUT2D eigenvalue weighted by Gasteiger charge is 2.26. The predicted octanol–water partition coefficient (Wildman–Crippen LogP) is 6.86. The molecule has 6 nitrogen and oxygen atoms in total. The number of aryl methyl sites for hydroxylation is 1. The van der Waals surface area contributed by atoms with Crippen LogP contribution in [0.4, 0.5) is 8.78 Å². The Morgan fingerprint density at radius 3 is 2.48 bits per heavy atom. The molecule has 0 aliphatic carbocycles. The smallest absolute Gasteiger partial charge is 0.269 e. The van der Waals surface area contributed by atoms with E-state index >= 15 is 0 Å². The molecule has 0 saturated carbocycles. The molecule has 10 heteroatoms. The van der Waals surface area contributed by atoms with E-state index in [-0.39, 0.29) is 21.9 Å². The lowest BCUT2D eigenvalue weighted by molar-refractivity contribution is 0.334. The summed E-state index contributed by atoms with van der Waals surface area (Å²) in [6.07, 6.45) is 5.44. The molecule has 0 bridgehead atoms. The van der Waals surface area contributed by atoms with Crippen LogP contribution in [-0.2, 0) is 16.6 Å². The fourth-order valence-electron chi connectivity index (χ4n) is 5.18. The third kappa shape index (κ3) is 4.80. The fraction of sp³-hybridized carbons (Fsp3) is 0.233. The van der Waals surface area contributed by atoms with Crippen LogP contribution < -0.4 is 4.74 Å². The van der Waals surface area contributed by atoms with Gasteiger partial charge < -0.3 is 4.74 Å². The Labute approximate surface area is 235 Å². The van der Waals surface area contributed by atoms with Gasteiger partial charge in [0.2, 0.25) is 0 Å². The Hall–Kier alpha value is -3.60. The highest BCUT2D eigenvalue weighted by atomic mass is 32.2. The summed E-state index contributed by atoms with van der Waals surface area (Å²) in [7, 11) is -2.78. The van der Waals surface area contributed by atoms with Crippen molar-refractivity contribution in [2.75, 3.05) is 20.2 Å². The minimum absolute atomic E-state index is 0.0784. The summed E-state index contributed by atoms with van der Waals surface area (Å²) in [4.78, 5) is 9.28. The lowest BCUT2D eigenvalue weighted by Crippen LogP contribution is -2.17. The highest BCUT2D eigenvalue weighted by molar-refractivity contribution is 7.90. The van der Waals surface area contributed by atoms with Crippen LogP contribution in [0.25, 0.3) is 32.6 Å². The minimum atomic E-state index is -4.07.